The van der Waals surface area contributed by atoms with Crippen LogP contribution in [-0.4, -0.2) is 7.11 Å². The van der Waals surface area contributed by atoms with Crippen LogP contribution in [0.1, 0.15) is 5.56 Å². The summed E-state index contributed by atoms with van der Waals surface area (Å²) < 4.78 is 16.8. The molecule has 0 saturated carbocycles. The first-order valence-electron chi connectivity index (χ1n) is 8.61. The zero-order valence-corrected chi connectivity index (χ0v) is 14.8. The molecule has 0 unspecified atom stereocenters. The largest absolute Gasteiger partial charge is 0.497 e. The fourth-order valence-corrected chi connectivity index (χ4v) is 2.94. The maximum Gasteiger partial charge on any atom is 0.200 e. The van der Waals surface area contributed by atoms with E-state index in [4.69, 9.17) is 13.9 Å². The SMILES string of the molecule is COc1cccc(COc2ccc3c(=O)c(-c4ccccc4)coc3c2)c1. The Hall–Kier alpha value is -3.53. The van der Waals surface area contributed by atoms with Crippen LogP contribution in [0.3, 0.4) is 0 Å². The molecule has 0 aliphatic rings. The molecule has 134 valence electrons. The van der Waals surface area contributed by atoms with Crippen LogP contribution < -0.4 is 14.9 Å². The van der Waals surface area contributed by atoms with E-state index in [-0.39, 0.29) is 5.43 Å². The van der Waals surface area contributed by atoms with Crippen molar-refractivity contribution in [2.24, 2.45) is 0 Å². The molecular weight excluding hydrogens is 340 g/mol. The molecule has 0 N–H and O–H groups in total. The Balaban J connectivity index is 1.60. The molecule has 3 aromatic carbocycles. The molecule has 1 heterocycles. The van der Waals surface area contributed by atoms with E-state index in [1.54, 1.807) is 25.3 Å². The summed E-state index contributed by atoms with van der Waals surface area (Å²) in [5.74, 6) is 1.43. The molecule has 0 radical (unpaired) electrons. The van der Waals surface area contributed by atoms with Gasteiger partial charge in [-0.15, -0.1) is 0 Å². The maximum atomic E-state index is 12.8. The lowest BCUT2D eigenvalue weighted by Gasteiger charge is -2.09. The van der Waals surface area contributed by atoms with Crippen LogP contribution in [-0.2, 0) is 6.61 Å². The van der Waals surface area contributed by atoms with Crippen LogP contribution in [0.15, 0.2) is 88.3 Å². The number of benzene rings is 3. The van der Waals surface area contributed by atoms with E-state index in [0.29, 0.717) is 28.9 Å². The van der Waals surface area contributed by atoms with Crippen molar-refractivity contribution in [2.75, 3.05) is 7.11 Å². The molecule has 27 heavy (non-hydrogen) atoms. The summed E-state index contributed by atoms with van der Waals surface area (Å²) in [4.78, 5) is 12.8. The first-order valence-corrected chi connectivity index (χ1v) is 8.61. The summed E-state index contributed by atoms with van der Waals surface area (Å²) >= 11 is 0. The topological polar surface area (TPSA) is 48.7 Å². The fourth-order valence-electron chi connectivity index (χ4n) is 2.94. The summed E-state index contributed by atoms with van der Waals surface area (Å²) in [6.45, 7) is 0.398. The molecule has 0 spiro atoms. The van der Waals surface area contributed by atoms with E-state index in [9.17, 15) is 4.79 Å². The molecule has 0 fully saturated rings. The Morgan fingerprint density at radius 3 is 2.56 bits per heavy atom. The Morgan fingerprint density at radius 1 is 0.889 bits per heavy atom. The third-order valence-electron chi connectivity index (χ3n) is 4.37. The van der Waals surface area contributed by atoms with Crippen molar-refractivity contribution in [2.45, 2.75) is 6.61 Å². The molecular formula is C23H18O4. The molecule has 4 heteroatoms. The minimum absolute atomic E-state index is 0.0539. The molecule has 0 bridgehead atoms. The molecule has 0 aliphatic carbocycles. The maximum absolute atomic E-state index is 12.8. The number of hydrogen-bond donors (Lipinski definition) is 0. The van der Waals surface area contributed by atoms with Crippen molar-refractivity contribution in [1.29, 1.82) is 0 Å². The highest BCUT2D eigenvalue weighted by Crippen LogP contribution is 2.24. The highest BCUT2D eigenvalue weighted by Gasteiger charge is 2.10. The van der Waals surface area contributed by atoms with Gasteiger partial charge in [-0.25, -0.2) is 0 Å². The number of fused-ring (bicyclic) bond motifs is 1. The van der Waals surface area contributed by atoms with Gasteiger partial charge in [0, 0.05) is 6.07 Å². The third-order valence-corrected chi connectivity index (χ3v) is 4.37. The third kappa shape index (κ3) is 3.55. The summed E-state index contributed by atoms with van der Waals surface area (Å²) in [5, 5.41) is 0.532. The van der Waals surface area contributed by atoms with Crippen molar-refractivity contribution in [1.82, 2.24) is 0 Å². The van der Waals surface area contributed by atoms with Gasteiger partial charge < -0.3 is 13.9 Å². The molecule has 0 saturated heterocycles. The number of rotatable bonds is 5. The van der Waals surface area contributed by atoms with Gasteiger partial charge in [-0.2, -0.15) is 0 Å². The van der Waals surface area contributed by atoms with Crippen LogP contribution in [0.5, 0.6) is 11.5 Å². The van der Waals surface area contributed by atoms with Crippen molar-refractivity contribution in [3.63, 3.8) is 0 Å². The van der Waals surface area contributed by atoms with E-state index in [2.05, 4.69) is 0 Å². The van der Waals surface area contributed by atoms with Crippen LogP contribution >= 0.6 is 0 Å². The lowest BCUT2D eigenvalue weighted by molar-refractivity contribution is 0.305. The molecule has 4 nitrogen and oxygen atoms in total. The second kappa shape index (κ2) is 7.38. The zero-order chi connectivity index (χ0) is 18.6. The normalized spacial score (nSPS) is 10.7. The monoisotopic (exact) mass is 358 g/mol. The van der Waals surface area contributed by atoms with E-state index in [0.717, 1.165) is 16.9 Å². The van der Waals surface area contributed by atoms with Gasteiger partial charge in [0.05, 0.1) is 18.1 Å². The number of ether oxygens (including phenoxy) is 2. The summed E-state index contributed by atoms with van der Waals surface area (Å²) in [6.07, 6.45) is 1.51. The Labute approximate surface area is 156 Å². The Morgan fingerprint density at radius 2 is 1.74 bits per heavy atom. The van der Waals surface area contributed by atoms with Gasteiger partial charge in [0.25, 0.3) is 0 Å². The van der Waals surface area contributed by atoms with Crippen LogP contribution in [0.25, 0.3) is 22.1 Å². The van der Waals surface area contributed by atoms with Crippen LogP contribution in [0.2, 0.25) is 0 Å². The first kappa shape index (κ1) is 16.9. The minimum atomic E-state index is -0.0539. The molecule has 4 aromatic rings. The van der Waals surface area contributed by atoms with Gasteiger partial charge in [-0.05, 0) is 35.4 Å². The second-order valence-corrected chi connectivity index (χ2v) is 6.14. The van der Waals surface area contributed by atoms with E-state index >= 15 is 0 Å². The molecule has 4 rings (SSSR count). The first-order chi connectivity index (χ1) is 13.2. The van der Waals surface area contributed by atoms with Crippen molar-refractivity contribution >= 4 is 11.0 Å². The summed E-state index contributed by atoms with van der Waals surface area (Å²) in [5.41, 5.74) is 2.83. The predicted octanol–water partition coefficient (Wildman–Crippen LogP) is 5.05. The highest BCUT2D eigenvalue weighted by atomic mass is 16.5. The van der Waals surface area contributed by atoms with Crippen LogP contribution in [0.4, 0.5) is 0 Å². The van der Waals surface area contributed by atoms with Crippen molar-refractivity contribution < 1.29 is 13.9 Å². The quantitative estimate of drug-likeness (QED) is 0.501. The summed E-state index contributed by atoms with van der Waals surface area (Å²) in [7, 11) is 1.63. The van der Waals surface area contributed by atoms with E-state index in [1.165, 1.54) is 6.26 Å². The standard InChI is InChI=1S/C23H18O4/c1-25-18-9-5-6-16(12-18)14-26-19-10-11-20-22(13-19)27-15-21(23(20)24)17-7-3-2-4-8-17/h2-13,15H,14H2,1H3. The zero-order valence-electron chi connectivity index (χ0n) is 14.8. The molecule has 1 aromatic heterocycles. The number of hydrogen-bond acceptors (Lipinski definition) is 4. The Bertz CT molecular complexity index is 1130. The van der Waals surface area contributed by atoms with Crippen LogP contribution in [0, 0.1) is 0 Å². The molecule has 0 atom stereocenters. The molecule has 0 aliphatic heterocycles. The minimum Gasteiger partial charge on any atom is -0.497 e. The Kier molecular flexibility index (Phi) is 4.62. The molecule has 0 amide bonds. The van der Waals surface area contributed by atoms with Gasteiger partial charge in [0.15, 0.2) is 5.43 Å². The lowest BCUT2D eigenvalue weighted by Crippen LogP contribution is -2.05. The van der Waals surface area contributed by atoms with Gasteiger partial charge in [-0.1, -0.05) is 42.5 Å². The average molecular weight is 358 g/mol. The van der Waals surface area contributed by atoms with E-state index < -0.39 is 0 Å². The fraction of sp³-hybridized carbons (Fsp3) is 0.0870. The smallest absolute Gasteiger partial charge is 0.200 e. The average Bonchev–Trinajstić information content (AvgIpc) is 2.73. The van der Waals surface area contributed by atoms with E-state index in [1.807, 2.05) is 54.6 Å². The van der Waals surface area contributed by atoms with Gasteiger partial charge in [-0.3, -0.25) is 4.79 Å². The van der Waals surface area contributed by atoms with Gasteiger partial charge >= 0.3 is 0 Å². The number of methoxy groups -OCH3 is 1. The lowest BCUT2D eigenvalue weighted by atomic mass is 10.1. The van der Waals surface area contributed by atoms with Gasteiger partial charge in [0.1, 0.15) is 30.0 Å². The van der Waals surface area contributed by atoms with Crippen molar-refractivity contribution in [3.8, 4) is 22.6 Å². The van der Waals surface area contributed by atoms with Gasteiger partial charge in [0.2, 0.25) is 0 Å². The summed E-state index contributed by atoms with van der Waals surface area (Å²) in [6, 6.07) is 22.5. The highest BCUT2D eigenvalue weighted by molar-refractivity contribution is 5.82. The predicted molar refractivity (Wildman–Crippen MR) is 105 cm³/mol. The second-order valence-electron chi connectivity index (χ2n) is 6.14. The van der Waals surface area contributed by atoms with Crippen molar-refractivity contribution in [3.05, 3.63) is 94.8 Å².